The highest BCUT2D eigenvalue weighted by molar-refractivity contribution is 7.13. The molecule has 124 valence electrons. The van der Waals surface area contributed by atoms with E-state index in [9.17, 15) is 18.3 Å². The summed E-state index contributed by atoms with van der Waals surface area (Å²) in [4.78, 5) is 4.43. The number of aromatic nitrogens is 1. The van der Waals surface area contributed by atoms with Crippen molar-refractivity contribution in [2.24, 2.45) is 0 Å². The molecular weight excluding hydrogens is 325 g/mol. The smallest absolute Gasteiger partial charge is 0.389 e. The summed E-state index contributed by atoms with van der Waals surface area (Å²) in [6.07, 6.45) is -1.60. The van der Waals surface area contributed by atoms with Crippen molar-refractivity contribution >= 4 is 11.3 Å². The Kier molecular flexibility index (Phi) is 4.44. The quantitative estimate of drug-likeness (QED) is 0.868. The molecule has 0 radical (unpaired) electrons. The molecule has 3 rings (SSSR count). The average molecular weight is 342 g/mol. The van der Waals surface area contributed by atoms with Crippen molar-refractivity contribution in [3.05, 3.63) is 40.9 Å². The van der Waals surface area contributed by atoms with E-state index in [2.05, 4.69) is 10.3 Å². The fourth-order valence-electron chi connectivity index (χ4n) is 2.51. The van der Waals surface area contributed by atoms with Gasteiger partial charge in [-0.15, -0.1) is 11.3 Å². The van der Waals surface area contributed by atoms with Gasteiger partial charge >= 0.3 is 6.18 Å². The molecule has 1 aliphatic rings. The van der Waals surface area contributed by atoms with Crippen LogP contribution in [0.25, 0.3) is 10.6 Å². The van der Waals surface area contributed by atoms with E-state index < -0.39 is 17.3 Å². The van der Waals surface area contributed by atoms with Gasteiger partial charge in [0.15, 0.2) is 0 Å². The summed E-state index contributed by atoms with van der Waals surface area (Å²) in [7, 11) is 0. The average Bonchev–Trinajstić information content (AvgIpc) is 2.93. The minimum absolute atomic E-state index is 0.541. The standard InChI is InChI=1S/C16H17F3N2OS/c17-16(18,19)12-4-2-11(3-5-12)14-21-13(9-23-14)8-20-10-15(22)6-1-7-15/h2-5,9,20,22H,1,6-8,10H2. The zero-order valence-corrected chi connectivity index (χ0v) is 13.2. The van der Waals surface area contributed by atoms with Gasteiger partial charge in [0.2, 0.25) is 0 Å². The van der Waals surface area contributed by atoms with Crippen LogP contribution in [0.1, 0.15) is 30.5 Å². The second-order valence-electron chi connectivity index (χ2n) is 5.90. The lowest BCUT2D eigenvalue weighted by Crippen LogP contribution is -2.46. The van der Waals surface area contributed by atoms with Gasteiger partial charge in [0.25, 0.3) is 0 Å². The van der Waals surface area contributed by atoms with Crippen LogP contribution in [-0.2, 0) is 12.7 Å². The minimum atomic E-state index is -4.32. The first kappa shape index (κ1) is 16.4. The number of benzene rings is 1. The van der Waals surface area contributed by atoms with Crippen LogP contribution in [0.5, 0.6) is 0 Å². The van der Waals surface area contributed by atoms with E-state index in [0.717, 1.165) is 37.1 Å². The molecule has 0 atom stereocenters. The van der Waals surface area contributed by atoms with Crippen molar-refractivity contribution in [3.8, 4) is 10.6 Å². The highest BCUT2D eigenvalue weighted by atomic mass is 32.1. The first-order chi connectivity index (χ1) is 10.9. The number of nitrogens with zero attached hydrogens (tertiary/aromatic N) is 1. The number of halogens is 3. The van der Waals surface area contributed by atoms with E-state index in [0.29, 0.717) is 23.7 Å². The van der Waals surface area contributed by atoms with Crippen molar-refractivity contribution in [1.29, 1.82) is 0 Å². The van der Waals surface area contributed by atoms with Gasteiger partial charge in [-0.05, 0) is 31.4 Å². The number of hydrogen-bond donors (Lipinski definition) is 2. The Bertz CT molecular complexity index is 663. The number of thiazole rings is 1. The molecule has 0 amide bonds. The molecular formula is C16H17F3N2OS. The highest BCUT2D eigenvalue weighted by Gasteiger charge is 2.33. The lowest BCUT2D eigenvalue weighted by atomic mass is 9.80. The SMILES string of the molecule is OC1(CNCc2csc(-c3ccc(C(F)(F)F)cc3)n2)CCC1. The van der Waals surface area contributed by atoms with Gasteiger partial charge in [-0.2, -0.15) is 13.2 Å². The predicted molar refractivity (Wildman–Crippen MR) is 83.1 cm³/mol. The fraction of sp³-hybridized carbons (Fsp3) is 0.438. The molecule has 23 heavy (non-hydrogen) atoms. The molecule has 1 aromatic carbocycles. The van der Waals surface area contributed by atoms with Crippen LogP contribution in [0, 0.1) is 0 Å². The largest absolute Gasteiger partial charge is 0.416 e. The van der Waals surface area contributed by atoms with Crippen molar-refractivity contribution in [1.82, 2.24) is 10.3 Å². The Morgan fingerprint density at radius 3 is 2.48 bits per heavy atom. The molecule has 1 fully saturated rings. The molecule has 3 nitrogen and oxygen atoms in total. The van der Waals surface area contributed by atoms with Crippen LogP contribution in [0.15, 0.2) is 29.6 Å². The van der Waals surface area contributed by atoms with Gasteiger partial charge in [-0.25, -0.2) is 4.98 Å². The van der Waals surface area contributed by atoms with E-state index in [-0.39, 0.29) is 0 Å². The summed E-state index contributed by atoms with van der Waals surface area (Å²) in [5.41, 5.74) is 0.264. The second kappa shape index (κ2) is 6.22. The predicted octanol–water partition coefficient (Wildman–Crippen LogP) is 3.83. The molecule has 2 aromatic rings. The van der Waals surface area contributed by atoms with Crippen LogP contribution >= 0.6 is 11.3 Å². The summed E-state index contributed by atoms with van der Waals surface area (Å²) in [6, 6.07) is 5.02. The maximum Gasteiger partial charge on any atom is 0.416 e. The molecule has 1 aromatic heterocycles. The van der Waals surface area contributed by atoms with Crippen LogP contribution in [-0.4, -0.2) is 22.2 Å². The second-order valence-corrected chi connectivity index (χ2v) is 6.76. The van der Waals surface area contributed by atoms with Crippen molar-refractivity contribution < 1.29 is 18.3 Å². The third-order valence-electron chi connectivity index (χ3n) is 4.06. The van der Waals surface area contributed by atoms with E-state index in [1.165, 1.54) is 23.5 Å². The fourth-order valence-corrected chi connectivity index (χ4v) is 3.33. The Morgan fingerprint density at radius 2 is 1.91 bits per heavy atom. The van der Waals surface area contributed by atoms with Gasteiger partial charge < -0.3 is 10.4 Å². The Balaban J connectivity index is 1.60. The molecule has 1 heterocycles. The first-order valence-electron chi connectivity index (χ1n) is 7.41. The van der Waals surface area contributed by atoms with Crippen LogP contribution in [0.3, 0.4) is 0 Å². The summed E-state index contributed by atoms with van der Waals surface area (Å²) in [6.45, 7) is 1.08. The first-order valence-corrected chi connectivity index (χ1v) is 8.29. The van der Waals surface area contributed by atoms with Gasteiger partial charge in [0.1, 0.15) is 5.01 Å². The van der Waals surface area contributed by atoms with E-state index in [1.807, 2.05) is 5.38 Å². The van der Waals surface area contributed by atoms with Crippen LogP contribution in [0.2, 0.25) is 0 Å². The van der Waals surface area contributed by atoms with Gasteiger partial charge in [-0.3, -0.25) is 0 Å². The number of rotatable bonds is 5. The summed E-state index contributed by atoms with van der Waals surface area (Å²) < 4.78 is 37.7. The summed E-state index contributed by atoms with van der Waals surface area (Å²) >= 11 is 1.40. The van der Waals surface area contributed by atoms with Crippen molar-refractivity contribution in [2.45, 2.75) is 37.6 Å². The third-order valence-corrected chi connectivity index (χ3v) is 5.00. The lowest BCUT2D eigenvalue weighted by Gasteiger charge is -2.36. The molecule has 0 unspecified atom stereocenters. The number of nitrogens with one attached hydrogen (secondary N) is 1. The van der Waals surface area contributed by atoms with Gasteiger partial charge in [0, 0.05) is 24.0 Å². The zero-order valence-electron chi connectivity index (χ0n) is 12.4. The van der Waals surface area contributed by atoms with Gasteiger partial charge in [-0.1, -0.05) is 12.1 Å². The van der Waals surface area contributed by atoms with E-state index in [1.54, 1.807) is 0 Å². The maximum absolute atomic E-state index is 12.6. The molecule has 0 aliphatic heterocycles. The van der Waals surface area contributed by atoms with Crippen molar-refractivity contribution in [3.63, 3.8) is 0 Å². The Morgan fingerprint density at radius 1 is 1.22 bits per heavy atom. The van der Waals surface area contributed by atoms with Crippen LogP contribution in [0.4, 0.5) is 13.2 Å². The Labute approximate surface area is 136 Å². The molecule has 0 bridgehead atoms. The molecule has 1 saturated carbocycles. The van der Waals surface area contributed by atoms with E-state index in [4.69, 9.17) is 0 Å². The Hall–Kier alpha value is -1.44. The van der Waals surface area contributed by atoms with Gasteiger partial charge in [0.05, 0.1) is 16.9 Å². The highest BCUT2D eigenvalue weighted by Crippen LogP contribution is 2.32. The normalized spacial score (nSPS) is 17.0. The summed E-state index contributed by atoms with van der Waals surface area (Å²) in [5.74, 6) is 0. The van der Waals surface area contributed by atoms with E-state index >= 15 is 0 Å². The molecule has 0 spiro atoms. The number of aliphatic hydroxyl groups is 1. The maximum atomic E-state index is 12.6. The van der Waals surface area contributed by atoms with Crippen LogP contribution < -0.4 is 5.32 Å². The zero-order chi connectivity index (χ0) is 16.5. The molecule has 0 saturated heterocycles. The molecule has 2 N–H and O–H groups in total. The number of alkyl halides is 3. The summed E-state index contributed by atoms with van der Waals surface area (Å²) in [5, 5.41) is 15.7. The molecule has 1 aliphatic carbocycles. The number of hydrogen-bond acceptors (Lipinski definition) is 4. The minimum Gasteiger partial charge on any atom is -0.389 e. The van der Waals surface area contributed by atoms with Crippen molar-refractivity contribution in [2.75, 3.05) is 6.54 Å². The monoisotopic (exact) mass is 342 g/mol. The molecule has 7 heteroatoms. The third kappa shape index (κ3) is 3.91. The topological polar surface area (TPSA) is 45.1 Å². The lowest BCUT2D eigenvalue weighted by molar-refractivity contribution is -0.137.